The second-order valence-corrected chi connectivity index (χ2v) is 10.1. The molecule has 4 rings (SSSR count). The number of nitrogens with zero attached hydrogens (tertiary/aromatic N) is 2. The summed E-state index contributed by atoms with van der Waals surface area (Å²) in [5.41, 5.74) is 3.43. The summed E-state index contributed by atoms with van der Waals surface area (Å²) >= 11 is 0. The monoisotopic (exact) mass is 603 g/mol. The van der Waals surface area contributed by atoms with E-state index in [1.54, 1.807) is 24.1 Å². The molecule has 0 saturated carbocycles. The summed E-state index contributed by atoms with van der Waals surface area (Å²) < 4.78 is 27.2. The lowest BCUT2D eigenvalue weighted by Crippen LogP contribution is -2.44. The van der Waals surface area contributed by atoms with Gasteiger partial charge in [0.2, 0.25) is 11.7 Å². The Morgan fingerprint density at radius 2 is 1.55 bits per heavy atom. The molecule has 0 fully saturated rings. The zero-order valence-electron chi connectivity index (χ0n) is 26.1. The van der Waals surface area contributed by atoms with Crippen molar-refractivity contribution in [3.8, 4) is 23.0 Å². The first kappa shape index (κ1) is 32.2. The third-order valence-electron chi connectivity index (χ3n) is 7.38. The summed E-state index contributed by atoms with van der Waals surface area (Å²) in [6, 6.07) is 19.0. The standard InChI is InChI=1S/C34H41N3O7/c1-6-44-27-13-11-24(12-14-27)22-36(16-15-25-21-35-29-10-8-7-9-28(25)29)32(38)23-37(17-18-40-2)34(39)26-19-30(41-3)33(43-5)31(20-26)42-4/h7-14,19-21,35H,6,15-18,22-23H2,1-5H3. The van der Waals surface area contributed by atoms with Gasteiger partial charge in [-0.2, -0.15) is 0 Å². The highest BCUT2D eigenvalue weighted by molar-refractivity contribution is 5.97. The molecule has 4 aromatic rings. The molecule has 10 heteroatoms. The number of ether oxygens (including phenoxy) is 5. The largest absolute Gasteiger partial charge is 0.494 e. The molecule has 0 radical (unpaired) electrons. The first-order chi connectivity index (χ1) is 21.4. The van der Waals surface area contributed by atoms with Crippen LogP contribution in [0.15, 0.2) is 66.9 Å². The molecule has 0 aliphatic carbocycles. The van der Waals surface area contributed by atoms with E-state index < -0.39 is 0 Å². The molecule has 0 unspecified atom stereocenters. The van der Waals surface area contributed by atoms with Crippen molar-refractivity contribution in [1.82, 2.24) is 14.8 Å². The van der Waals surface area contributed by atoms with Crippen LogP contribution in [0, 0.1) is 0 Å². The molecular formula is C34H41N3O7. The highest BCUT2D eigenvalue weighted by Gasteiger charge is 2.25. The number of nitrogens with one attached hydrogen (secondary N) is 1. The fourth-order valence-electron chi connectivity index (χ4n) is 5.07. The Bertz CT molecular complexity index is 1510. The number of aromatic amines is 1. The number of carbonyl (C=O) groups excluding carboxylic acids is 2. The van der Waals surface area contributed by atoms with Crippen LogP contribution in [0.1, 0.15) is 28.4 Å². The van der Waals surface area contributed by atoms with Gasteiger partial charge in [-0.25, -0.2) is 0 Å². The second kappa shape index (κ2) is 15.7. The molecule has 1 N–H and O–H groups in total. The van der Waals surface area contributed by atoms with Gasteiger partial charge in [-0.3, -0.25) is 9.59 Å². The van der Waals surface area contributed by atoms with E-state index in [-0.39, 0.29) is 31.5 Å². The summed E-state index contributed by atoms with van der Waals surface area (Å²) in [7, 11) is 6.04. The molecule has 0 aliphatic rings. The molecule has 10 nitrogen and oxygen atoms in total. The van der Waals surface area contributed by atoms with Crippen molar-refractivity contribution in [2.45, 2.75) is 19.9 Å². The molecule has 0 saturated heterocycles. The Morgan fingerprint density at radius 3 is 2.18 bits per heavy atom. The number of hydrogen-bond donors (Lipinski definition) is 1. The van der Waals surface area contributed by atoms with Gasteiger partial charge >= 0.3 is 0 Å². The quantitative estimate of drug-likeness (QED) is 0.193. The van der Waals surface area contributed by atoms with Gasteiger partial charge in [0.05, 0.1) is 34.5 Å². The average Bonchev–Trinajstić information content (AvgIpc) is 3.47. The molecule has 1 aromatic heterocycles. The predicted molar refractivity (Wildman–Crippen MR) is 169 cm³/mol. The highest BCUT2D eigenvalue weighted by atomic mass is 16.5. The number of benzene rings is 3. The lowest BCUT2D eigenvalue weighted by molar-refractivity contribution is -0.132. The summed E-state index contributed by atoms with van der Waals surface area (Å²) in [6.07, 6.45) is 2.63. The lowest BCUT2D eigenvalue weighted by atomic mass is 10.1. The maximum absolute atomic E-state index is 14.0. The average molecular weight is 604 g/mol. The molecule has 1 heterocycles. The lowest BCUT2D eigenvalue weighted by Gasteiger charge is -2.28. The van der Waals surface area contributed by atoms with Crippen molar-refractivity contribution in [2.24, 2.45) is 0 Å². The number of fused-ring (bicyclic) bond motifs is 1. The van der Waals surface area contributed by atoms with Crippen LogP contribution in [0.5, 0.6) is 23.0 Å². The van der Waals surface area contributed by atoms with E-state index in [4.69, 9.17) is 23.7 Å². The van der Waals surface area contributed by atoms with Crippen molar-refractivity contribution in [3.63, 3.8) is 0 Å². The van der Waals surface area contributed by atoms with E-state index in [1.165, 1.54) is 26.2 Å². The molecule has 2 amide bonds. The van der Waals surface area contributed by atoms with Crippen LogP contribution in [0.2, 0.25) is 0 Å². The molecule has 44 heavy (non-hydrogen) atoms. The van der Waals surface area contributed by atoms with Gasteiger partial charge in [0.1, 0.15) is 12.3 Å². The third kappa shape index (κ3) is 7.82. The first-order valence-corrected chi connectivity index (χ1v) is 14.5. The van der Waals surface area contributed by atoms with Crippen molar-refractivity contribution in [3.05, 3.63) is 83.6 Å². The van der Waals surface area contributed by atoms with Gasteiger partial charge in [0.15, 0.2) is 11.5 Å². The van der Waals surface area contributed by atoms with Gasteiger partial charge in [0.25, 0.3) is 5.91 Å². The number of aromatic nitrogens is 1. The molecule has 0 atom stereocenters. The van der Waals surface area contributed by atoms with E-state index in [0.717, 1.165) is 27.8 Å². The van der Waals surface area contributed by atoms with Crippen LogP contribution in [-0.4, -0.2) is 87.9 Å². The summed E-state index contributed by atoms with van der Waals surface area (Å²) in [5.74, 6) is 1.32. The first-order valence-electron chi connectivity index (χ1n) is 14.5. The third-order valence-corrected chi connectivity index (χ3v) is 7.38. The molecule has 0 aliphatic heterocycles. The van der Waals surface area contributed by atoms with E-state index in [9.17, 15) is 9.59 Å². The number of amides is 2. The topological polar surface area (TPSA) is 103 Å². The van der Waals surface area contributed by atoms with Gasteiger partial charge in [-0.15, -0.1) is 0 Å². The normalized spacial score (nSPS) is 10.8. The SMILES string of the molecule is CCOc1ccc(CN(CCc2c[nH]c3ccccc23)C(=O)CN(CCOC)C(=O)c2cc(OC)c(OC)c(OC)c2)cc1. The number of rotatable bonds is 16. The van der Waals surface area contributed by atoms with Crippen molar-refractivity contribution in [2.75, 3.05) is 61.3 Å². The summed E-state index contributed by atoms with van der Waals surface area (Å²) in [5, 5.41) is 1.13. The number of methoxy groups -OCH3 is 4. The Labute approximate surface area is 258 Å². The Morgan fingerprint density at radius 1 is 0.841 bits per heavy atom. The van der Waals surface area contributed by atoms with Gasteiger partial charge < -0.3 is 38.5 Å². The fraction of sp³-hybridized carbons (Fsp3) is 0.353. The van der Waals surface area contributed by atoms with Crippen LogP contribution in [0.4, 0.5) is 0 Å². The smallest absolute Gasteiger partial charge is 0.254 e. The van der Waals surface area contributed by atoms with Crippen LogP contribution in [0.3, 0.4) is 0 Å². The number of H-pyrrole nitrogens is 1. The van der Waals surface area contributed by atoms with Gasteiger partial charge in [0, 0.05) is 49.4 Å². The Kier molecular flexibility index (Phi) is 11.5. The van der Waals surface area contributed by atoms with Crippen LogP contribution >= 0.6 is 0 Å². The summed E-state index contributed by atoms with van der Waals surface area (Å²) in [4.78, 5) is 34.4. The maximum Gasteiger partial charge on any atom is 0.254 e. The Balaban J connectivity index is 1.59. The zero-order valence-corrected chi connectivity index (χ0v) is 26.1. The molecule has 0 spiro atoms. The Hall–Kier alpha value is -4.70. The number of carbonyl (C=O) groups is 2. The minimum absolute atomic E-state index is 0.135. The van der Waals surface area contributed by atoms with E-state index in [0.29, 0.717) is 48.9 Å². The van der Waals surface area contributed by atoms with Crippen molar-refractivity contribution >= 4 is 22.7 Å². The molecule has 234 valence electrons. The molecule has 3 aromatic carbocycles. The fourth-order valence-corrected chi connectivity index (χ4v) is 5.07. The predicted octanol–water partition coefficient (Wildman–Crippen LogP) is 4.95. The van der Waals surface area contributed by atoms with E-state index >= 15 is 0 Å². The maximum atomic E-state index is 14.0. The number of para-hydroxylation sites is 1. The number of hydrogen-bond acceptors (Lipinski definition) is 7. The van der Waals surface area contributed by atoms with Gasteiger partial charge in [-0.05, 0) is 54.8 Å². The molecule has 0 bridgehead atoms. The minimum atomic E-state index is -0.354. The van der Waals surface area contributed by atoms with E-state index in [2.05, 4.69) is 11.1 Å². The van der Waals surface area contributed by atoms with Crippen LogP contribution in [0.25, 0.3) is 10.9 Å². The minimum Gasteiger partial charge on any atom is -0.494 e. The molecular weight excluding hydrogens is 562 g/mol. The van der Waals surface area contributed by atoms with Crippen molar-refractivity contribution in [1.29, 1.82) is 0 Å². The van der Waals surface area contributed by atoms with E-state index in [1.807, 2.05) is 55.6 Å². The van der Waals surface area contributed by atoms with Gasteiger partial charge in [-0.1, -0.05) is 30.3 Å². The van der Waals surface area contributed by atoms with Crippen molar-refractivity contribution < 1.29 is 33.3 Å². The zero-order chi connectivity index (χ0) is 31.5. The van der Waals surface area contributed by atoms with Crippen LogP contribution in [-0.2, 0) is 22.5 Å². The highest BCUT2D eigenvalue weighted by Crippen LogP contribution is 2.38. The summed E-state index contributed by atoms with van der Waals surface area (Å²) in [6.45, 7) is 3.70. The second-order valence-electron chi connectivity index (χ2n) is 10.1. The van der Waals surface area contributed by atoms with Crippen LogP contribution < -0.4 is 18.9 Å².